The predicted octanol–water partition coefficient (Wildman–Crippen LogP) is 3.83. The maximum atomic E-state index is 13.2. The van der Waals surface area contributed by atoms with Gasteiger partial charge in [-0.05, 0) is 36.4 Å². The average Bonchev–Trinajstić information content (AvgIpc) is 2.37. The van der Waals surface area contributed by atoms with Gasteiger partial charge in [0, 0.05) is 16.2 Å². The molecule has 0 radical (unpaired) electrons. The van der Waals surface area contributed by atoms with Gasteiger partial charge in [-0.25, -0.2) is 4.39 Å². The van der Waals surface area contributed by atoms with Crippen molar-refractivity contribution in [2.75, 3.05) is 7.11 Å². The molecule has 0 bridgehead atoms. The van der Waals surface area contributed by atoms with E-state index in [2.05, 4.69) is 0 Å². The minimum absolute atomic E-state index is 0.228. The Morgan fingerprint density at radius 2 is 2.06 bits per heavy atom. The lowest BCUT2D eigenvalue weighted by molar-refractivity contribution is 0.410. The Kier molecular flexibility index (Phi) is 4.10. The first-order valence-corrected chi connectivity index (χ1v) is 6.42. The number of ether oxygens (including phenoxy) is 1. The van der Waals surface area contributed by atoms with Crippen molar-refractivity contribution in [3.63, 3.8) is 0 Å². The van der Waals surface area contributed by atoms with Crippen LogP contribution in [0.2, 0.25) is 0 Å². The van der Waals surface area contributed by atoms with Crippen LogP contribution in [0.4, 0.5) is 4.39 Å². The highest BCUT2D eigenvalue weighted by molar-refractivity contribution is 7.98. The third-order valence-corrected chi connectivity index (χ3v) is 3.50. The zero-order chi connectivity index (χ0) is 13.0. The number of phenolic OH excluding ortho intramolecular Hbond substituents is 1. The largest absolute Gasteiger partial charge is 0.508 e. The van der Waals surface area contributed by atoms with Gasteiger partial charge in [-0.3, -0.25) is 0 Å². The molecular weight excluding hydrogens is 251 g/mol. The van der Waals surface area contributed by atoms with Crippen molar-refractivity contribution in [1.29, 1.82) is 0 Å². The molecule has 94 valence electrons. The maximum absolute atomic E-state index is 13.2. The minimum Gasteiger partial charge on any atom is -0.508 e. The van der Waals surface area contributed by atoms with E-state index in [-0.39, 0.29) is 11.6 Å². The van der Waals surface area contributed by atoms with Gasteiger partial charge >= 0.3 is 0 Å². The zero-order valence-electron chi connectivity index (χ0n) is 9.89. The van der Waals surface area contributed by atoms with Crippen LogP contribution in [-0.2, 0) is 5.75 Å². The Hall–Kier alpha value is -1.68. The Balaban J connectivity index is 2.12. The molecule has 0 heterocycles. The highest BCUT2D eigenvalue weighted by atomic mass is 32.2. The fraction of sp³-hybridized carbons (Fsp3) is 0.143. The lowest BCUT2D eigenvalue weighted by Crippen LogP contribution is -1.91. The molecule has 0 aromatic heterocycles. The van der Waals surface area contributed by atoms with Gasteiger partial charge in [-0.15, -0.1) is 11.8 Å². The summed E-state index contributed by atoms with van der Waals surface area (Å²) < 4.78 is 18.4. The minimum atomic E-state index is -0.276. The summed E-state index contributed by atoms with van der Waals surface area (Å²) in [6, 6.07) is 11.4. The highest BCUT2D eigenvalue weighted by Gasteiger charge is 2.05. The average molecular weight is 264 g/mol. The molecule has 1 N–H and O–H groups in total. The van der Waals surface area contributed by atoms with Crippen molar-refractivity contribution in [3.8, 4) is 11.5 Å². The van der Waals surface area contributed by atoms with Gasteiger partial charge in [-0.2, -0.15) is 0 Å². The monoisotopic (exact) mass is 264 g/mol. The van der Waals surface area contributed by atoms with Crippen LogP contribution in [-0.4, -0.2) is 12.2 Å². The molecule has 2 nitrogen and oxygen atoms in total. The summed E-state index contributed by atoms with van der Waals surface area (Å²) in [5.74, 6) is 1.21. The standard InChI is InChI=1S/C14H13FO2S/c1-17-14-6-5-11(15)7-10(14)9-18-13-4-2-3-12(16)8-13/h2-8,16H,9H2,1H3. The van der Waals surface area contributed by atoms with Crippen molar-refractivity contribution in [2.24, 2.45) is 0 Å². The normalized spacial score (nSPS) is 10.3. The molecule has 0 amide bonds. The lowest BCUT2D eigenvalue weighted by atomic mass is 10.2. The maximum Gasteiger partial charge on any atom is 0.123 e. The SMILES string of the molecule is COc1ccc(F)cc1CSc1cccc(O)c1. The Morgan fingerprint density at radius 3 is 2.78 bits per heavy atom. The molecular formula is C14H13FO2S. The van der Waals surface area contributed by atoms with Gasteiger partial charge in [0.1, 0.15) is 17.3 Å². The number of hydrogen-bond donors (Lipinski definition) is 1. The summed E-state index contributed by atoms with van der Waals surface area (Å²) in [5.41, 5.74) is 0.797. The van der Waals surface area contributed by atoms with E-state index in [1.165, 1.54) is 23.9 Å². The summed E-state index contributed by atoms with van der Waals surface area (Å²) in [7, 11) is 1.57. The third-order valence-electron chi connectivity index (χ3n) is 2.45. The first-order chi connectivity index (χ1) is 8.69. The van der Waals surface area contributed by atoms with Crippen molar-refractivity contribution >= 4 is 11.8 Å². The number of phenols is 1. The number of methoxy groups -OCH3 is 1. The van der Waals surface area contributed by atoms with Crippen molar-refractivity contribution in [3.05, 3.63) is 53.8 Å². The smallest absolute Gasteiger partial charge is 0.123 e. The number of halogens is 1. The second kappa shape index (κ2) is 5.78. The van der Waals surface area contributed by atoms with Crippen LogP contribution in [0.1, 0.15) is 5.56 Å². The summed E-state index contributed by atoms with van der Waals surface area (Å²) in [6.07, 6.45) is 0. The molecule has 0 spiro atoms. The van der Waals surface area contributed by atoms with Crippen LogP contribution in [0.5, 0.6) is 11.5 Å². The Morgan fingerprint density at radius 1 is 1.22 bits per heavy atom. The molecule has 0 saturated heterocycles. The van der Waals surface area contributed by atoms with E-state index in [4.69, 9.17) is 4.74 Å². The van der Waals surface area contributed by atoms with Crippen LogP contribution in [0.25, 0.3) is 0 Å². The molecule has 2 rings (SSSR count). The summed E-state index contributed by atoms with van der Waals surface area (Å²) in [4.78, 5) is 0.932. The molecule has 0 fully saturated rings. The molecule has 0 aliphatic heterocycles. The number of hydrogen-bond acceptors (Lipinski definition) is 3. The van der Waals surface area contributed by atoms with E-state index in [0.29, 0.717) is 11.5 Å². The Labute approximate surface area is 109 Å². The van der Waals surface area contributed by atoms with Crippen LogP contribution < -0.4 is 4.74 Å². The lowest BCUT2D eigenvalue weighted by Gasteiger charge is -2.08. The van der Waals surface area contributed by atoms with E-state index in [1.54, 1.807) is 31.4 Å². The first kappa shape index (κ1) is 12.8. The zero-order valence-corrected chi connectivity index (χ0v) is 10.7. The number of benzene rings is 2. The van der Waals surface area contributed by atoms with E-state index in [1.807, 2.05) is 6.07 Å². The van der Waals surface area contributed by atoms with Crippen LogP contribution in [0.15, 0.2) is 47.4 Å². The highest BCUT2D eigenvalue weighted by Crippen LogP contribution is 2.29. The molecule has 2 aromatic carbocycles. The summed E-state index contributed by atoms with van der Waals surface area (Å²) >= 11 is 1.52. The predicted molar refractivity (Wildman–Crippen MR) is 70.6 cm³/mol. The molecule has 0 aliphatic carbocycles. The van der Waals surface area contributed by atoms with Gasteiger partial charge in [0.15, 0.2) is 0 Å². The van der Waals surface area contributed by atoms with Crippen molar-refractivity contribution in [2.45, 2.75) is 10.6 Å². The quantitative estimate of drug-likeness (QED) is 0.851. The van der Waals surface area contributed by atoms with Crippen LogP contribution in [0, 0.1) is 5.82 Å². The first-order valence-electron chi connectivity index (χ1n) is 5.43. The molecule has 0 unspecified atom stereocenters. The second-order valence-electron chi connectivity index (χ2n) is 3.74. The van der Waals surface area contributed by atoms with E-state index in [9.17, 15) is 9.50 Å². The topological polar surface area (TPSA) is 29.5 Å². The van der Waals surface area contributed by atoms with E-state index in [0.717, 1.165) is 10.5 Å². The number of aromatic hydroxyl groups is 1. The number of rotatable bonds is 4. The molecule has 0 aliphatic rings. The van der Waals surface area contributed by atoms with E-state index >= 15 is 0 Å². The van der Waals surface area contributed by atoms with Crippen molar-refractivity contribution in [1.82, 2.24) is 0 Å². The third kappa shape index (κ3) is 3.17. The summed E-state index contributed by atoms with van der Waals surface area (Å²) in [6.45, 7) is 0. The van der Waals surface area contributed by atoms with Gasteiger partial charge < -0.3 is 9.84 Å². The Bertz CT molecular complexity index is 543. The summed E-state index contributed by atoms with van der Waals surface area (Å²) in [5, 5.41) is 9.36. The van der Waals surface area contributed by atoms with Gasteiger partial charge in [-0.1, -0.05) is 6.07 Å². The molecule has 0 atom stereocenters. The van der Waals surface area contributed by atoms with Crippen molar-refractivity contribution < 1.29 is 14.2 Å². The molecule has 2 aromatic rings. The molecule has 0 saturated carbocycles. The van der Waals surface area contributed by atoms with Crippen LogP contribution in [0.3, 0.4) is 0 Å². The van der Waals surface area contributed by atoms with Gasteiger partial charge in [0.05, 0.1) is 7.11 Å². The van der Waals surface area contributed by atoms with Crippen LogP contribution >= 0.6 is 11.8 Å². The fourth-order valence-corrected chi connectivity index (χ4v) is 2.52. The molecule has 4 heteroatoms. The fourth-order valence-electron chi connectivity index (χ4n) is 1.59. The van der Waals surface area contributed by atoms with Gasteiger partial charge in [0.2, 0.25) is 0 Å². The van der Waals surface area contributed by atoms with Gasteiger partial charge in [0.25, 0.3) is 0 Å². The number of thioether (sulfide) groups is 1. The second-order valence-corrected chi connectivity index (χ2v) is 4.79. The molecule has 18 heavy (non-hydrogen) atoms. The van der Waals surface area contributed by atoms with E-state index < -0.39 is 0 Å².